The molecule has 0 bridgehead atoms. The number of nitrogens with one attached hydrogen (secondary N) is 1. The summed E-state index contributed by atoms with van der Waals surface area (Å²) in [6.45, 7) is 4.99. The van der Waals surface area contributed by atoms with Crippen molar-refractivity contribution in [2.75, 3.05) is 6.54 Å². The van der Waals surface area contributed by atoms with Crippen molar-refractivity contribution in [1.82, 2.24) is 5.32 Å². The van der Waals surface area contributed by atoms with Crippen LogP contribution in [0.2, 0.25) is 0 Å². The van der Waals surface area contributed by atoms with E-state index < -0.39 is 0 Å². The summed E-state index contributed by atoms with van der Waals surface area (Å²) in [6, 6.07) is 12.3. The molecule has 2 nitrogen and oxygen atoms in total. The van der Waals surface area contributed by atoms with E-state index in [0.717, 1.165) is 23.0 Å². The molecule has 1 unspecified atom stereocenters. The number of ether oxygens (including phenoxy) is 1. The Morgan fingerprint density at radius 1 is 1.19 bits per heavy atom. The first kappa shape index (κ1) is 16.0. The third-order valence-corrected chi connectivity index (χ3v) is 3.85. The molecule has 1 N–H and O–H groups in total. The smallest absolute Gasteiger partial charge is 0.141 e. The summed E-state index contributed by atoms with van der Waals surface area (Å²) < 4.78 is 20.4. The van der Waals surface area contributed by atoms with E-state index in [4.69, 9.17) is 4.74 Å². The zero-order valence-electron chi connectivity index (χ0n) is 12.2. The minimum Gasteiger partial charge on any atom is -0.456 e. The van der Waals surface area contributed by atoms with Crippen LogP contribution < -0.4 is 10.1 Å². The average Bonchev–Trinajstić information content (AvgIpc) is 2.48. The first-order valence-electron chi connectivity index (χ1n) is 7.07. The molecule has 0 radical (unpaired) electrons. The van der Waals surface area contributed by atoms with E-state index in [2.05, 4.69) is 28.2 Å². The minimum atomic E-state index is -0.255. The van der Waals surface area contributed by atoms with Gasteiger partial charge in [-0.05, 0) is 66.2 Å². The Kier molecular flexibility index (Phi) is 5.76. The SMILES string of the molecule is CCCNC(C)c1cc(F)ccc1Oc1ccccc1Br. The highest BCUT2D eigenvalue weighted by molar-refractivity contribution is 9.10. The molecule has 0 saturated heterocycles. The van der Waals surface area contributed by atoms with E-state index in [1.165, 1.54) is 12.1 Å². The van der Waals surface area contributed by atoms with E-state index >= 15 is 0 Å². The van der Waals surface area contributed by atoms with Crippen molar-refractivity contribution in [3.8, 4) is 11.5 Å². The van der Waals surface area contributed by atoms with Crippen molar-refractivity contribution >= 4 is 15.9 Å². The van der Waals surface area contributed by atoms with Crippen molar-refractivity contribution in [3.63, 3.8) is 0 Å². The molecule has 0 spiro atoms. The van der Waals surface area contributed by atoms with Crippen LogP contribution in [-0.2, 0) is 0 Å². The number of hydrogen-bond acceptors (Lipinski definition) is 2. The molecular weight excluding hydrogens is 333 g/mol. The largest absolute Gasteiger partial charge is 0.456 e. The Balaban J connectivity index is 2.28. The van der Waals surface area contributed by atoms with E-state index in [1.54, 1.807) is 6.07 Å². The number of para-hydroxylation sites is 1. The maximum atomic E-state index is 13.6. The zero-order valence-corrected chi connectivity index (χ0v) is 13.8. The molecule has 0 aromatic heterocycles. The fourth-order valence-electron chi connectivity index (χ4n) is 2.07. The summed E-state index contributed by atoms with van der Waals surface area (Å²) in [5.41, 5.74) is 0.819. The van der Waals surface area contributed by atoms with Crippen LogP contribution in [0.25, 0.3) is 0 Å². The monoisotopic (exact) mass is 351 g/mol. The van der Waals surface area contributed by atoms with Crippen LogP contribution in [0.15, 0.2) is 46.9 Å². The molecular formula is C17H19BrFNO. The first-order chi connectivity index (χ1) is 10.1. The summed E-state index contributed by atoms with van der Waals surface area (Å²) in [4.78, 5) is 0. The molecule has 0 amide bonds. The van der Waals surface area contributed by atoms with Gasteiger partial charge in [0.25, 0.3) is 0 Å². The Bertz CT molecular complexity index is 603. The van der Waals surface area contributed by atoms with Crippen LogP contribution in [0.1, 0.15) is 31.9 Å². The highest BCUT2D eigenvalue weighted by atomic mass is 79.9. The van der Waals surface area contributed by atoms with Gasteiger partial charge in [-0.15, -0.1) is 0 Å². The van der Waals surface area contributed by atoms with Gasteiger partial charge in [-0.25, -0.2) is 4.39 Å². The van der Waals surface area contributed by atoms with Gasteiger partial charge < -0.3 is 10.1 Å². The van der Waals surface area contributed by atoms with Gasteiger partial charge in [-0.1, -0.05) is 19.1 Å². The van der Waals surface area contributed by atoms with Crippen molar-refractivity contribution in [1.29, 1.82) is 0 Å². The molecule has 2 rings (SSSR count). The van der Waals surface area contributed by atoms with E-state index in [0.29, 0.717) is 11.5 Å². The van der Waals surface area contributed by atoms with E-state index in [-0.39, 0.29) is 11.9 Å². The van der Waals surface area contributed by atoms with Crippen LogP contribution in [0.3, 0.4) is 0 Å². The first-order valence-corrected chi connectivity index (χ1v) is 7.86. The predicted octanol–water partition coefficient (Wildman–Crippen LogP) is 5.44. The summed E-state index contributed by atoms with van der Waals surface area (Å²) in [7, 11) is 0. The van der Waals surface area contributed by atoms with E-state index in [9.17, 15) is 4.39 Å². The summed E-state index contributed by atoms with van der Waals surface area (Å²) in [6.07, 6.45) is 1.03. The number of hydrogen-bond donors (Lipinski definition) is 1. The standard InChI is InChI=1S/C17H19BrFNO/c1-3-10-20-12(2)14-11-13(19)8-9-16(14)21-17-7-5-4-6-15(17)18/h4-9,11-12,20H,3,10H2,1-2H3. The topological polar surface area (TPSA) is 21.3 Å². The second-order valence-corrected chi connectivity index (χ2v) is 5.74. The zero-order chi connectivity index (χ0) is 15.2. The lowest BCUT2D eigenvalue weighted by Gasteiger charge is -2.18. The lowest BCUT2D eigenvalue weighted by atomic mass is 10.1. The number of rotatable bonds is 6. The van der Waals surface area contributed by atoms with Crippen molar-refractivity contribution in [2.24, 2.45) is 0 Å². The van der Waals surface area contributed by atoms with Gasteiger partial charge in [-0.3, -0.25) is 0 Å². The molecule has 1 atom stereocenters. The molecule has 0 aliphatic carbocycles. The quantitative estimate of drug-likeness (QED) is 0.747. The van der Waals surface area contributed by atoms with Gasteiger partial charge in [0.15, 0.2) is 0 Å². The third kappa shape index (κ3) is 4.29. The van der Waals surface area contributed by atoms with Crippen LogP contribution in [0.5, 0.6) is 11.5 Å². The minimum absolute atomic E-state index is 0.0261. The van der Waals surface area contributed by atoms with Gasteiger partial charge in [0, 0.05) is 11.6 Å². The summed E-state index contributed by atoms with van der Waals surface area (Å²) >= 11 is 3.46. The molecule has 0 fully saturated rings. The van der Waals surface area contributed by atoms with Crippen LogP contribution in [-0.4, -0.2) is 6.54 Å². The van der Waals surface area contributed by atoms with Gasteiger partial charge in [-0.2, -0.15) is 0 Å². The molecule has 4 heteroatoms. The molecule has 2 aromatic rings. The van der Waals surface area contributed by atoms with Gasteiger partial charge in [0.05, 0.1) is 4.47 Å². The van der Waals surface area contributed by atoms with Crippen LogP contribution >= 0.6 is 15.9 Å². The second-order valence-electron chi connectivity index (χ2n) is 4.89. The Labute approximate surface area is 133 Å². The lowest BCUT2D eigenvalue weighted by molar-refractivity contribution is 0.455. The fourth-order valence-corrected chi connectivity index (χ4v) is 2.43. The fraction of sp³-hybridized carbons (Fsp3) is 0.294. The van der Waals surface area contributed by atoms with Crippen LogP contribution in [0, 0.1) is 5.82 Å². The highest BCUT2D eigenvalue weighted by Crippen LogP contribution is 2.34. The molecule has 112 valence electrons. The van der Waals surface area contributed by atoms with Crippen molar-refractivity contribution in [2.45, 2.75) is 26.3 Å². The van der Waals surface area contributed by atoms with Crippen molar-refractivity contribution < 1.29 is 9.13 Å². The van der Waals surface area contributed by atoms with E-state index in [1.807, 2.05) is 31.2 Å². The Hall–Kier alpha value is -1.39. The summed E-state index contributed by atoms with van der Waals surface area (Å²) in [5, 5.41) is 3.36. The molecule has 0 aliphatic rings. The van der Waals surface area contributed by atoms with Crippen LogP contribution in [0.4, 0.5) is 4.39 Å². The lowest BCUT2D eigenvalue weighted by Crippen LogP contribution is -2.19. The second kappa shape index (κ2) is 7.57. The van der Waals surface area contributed by atoms with Gasteiger partial charge in [0.2, 0.25) is 0 Å². The number of halogens is 2. The highest BCUT2D eigenvalue weighted by Gasteiger charge is 2.14. The third-order valence-electron chi connectivity index (χ3n) is 3.20. The predicted molar refractivity (Wildman–Crippen MR) is 87.3 cm³/mol. The van der Waals surface area contributed by atoms with Gasteiger partial charge >= 0.3 is 0 Å². The number of benzene rings is 2. The van der Waals surface area contributed by atoms with Gasteiger partial charge in [0.1, 0.15) is 17.3 Å². The maximum Gasteiger partial charge on any atom is 0.141 e. The van der Waals surface area contributed by atoms with Crippen molar-refractivity contribution in [3.05, 3.63) is 58.3 Å². The molecule has 21 heavy (non-hydrogen) atoms. The summed E-state index contributed by atoms with van der Waals surface area (Å²) in [5.74, 6) is 1.13. The maximum absolute atomic E-state index is 13.6. The molecule has 2 aromatic carbocycles. The average molecular weight is 352 g/mol. The molecule has 0 heterocycles. The molecule has 0 saturated carbocycles. The Morgan fingerprint density at radius 3 is 2.67 bits per heavy atom. The normalized spacial score (nSPS) is 12.2. The molecule has 0 aliphatic heterocycles. The Morgan fingerprint density at radius 2 is 1.95 bits per heavy atom.